The molecule has 19 rings (SSSR count). The molecule has 0 bridgehead atoms. The van der Waals surface area contributed by atoms with Crippen LogP contribution in [-0.2, 0) is 0 Å². The van der Waals surface area contributed by atoms with E-state index in [0.29, 0.717) is 0 Å². The molecule has 0 atom stereocenters. The minimum Gasteiger partial charge on any atom is -0.399 e. The lowest BCUT2D eigenvalue weighted by Crippen LogP contribution is -1.95. The van der Waals surface area contributed by atoms with Gasteiger partial charge < -0.3 is 24.0 Å². The first kappa shape index (κ1) is 54.1. The highest BCUT2D eigenvalue weighted by Gasteiger charge is 2.20. The fraction of sp³-hybridized carbons (Fsp3) is 0. The van der Waals surface area contributed by atoms with Gasteiger partial charge in [-0.2, -0.15) is 0 Å². The first-order valence-electron chi connectivity index (χ1n) is 32.6. The maximum absolute atomic E-state index is 6.13. The number of fused-ring (bicyclic) bond motifs is 12. The Morgan fingerprint density at radius 3 is 0.832 bits per heavy atom. The number of para-hydroxylation sites is 5. The van der Waals surface area contributed by atoms with E-state index in [1.165, 1.54) is 121 Å². The molecule has 0 fully saturated rings. The number of nitrogens with two attached hydrogens (primary N) is 1. The minimum atomic E-state index is 0.755. The Hall–Kier alpha value is -12.7. The van der Waals surface area contributed by atoms with E-state index in [1.807, 2.05) is 12.1 Å². The van der Waals surface area contributed by atoms with Crippen LogP contribution in [0.25, 0.3) is 177 Å². The van der Waals surface area contributed by atoms with Gasteiger partial charge in [0, 0.05) is 71.5 Å². The number of hydrogen-bond acceptors (Lipinski definition) is 1. The molecule has 0 aliphatic carbocycles. The van der Waals surface area contributed by atoms with E-state index in [-0.39, 0.29) is 0 Å². The molecule has 0 aliphatic rings. The Morgan fingerprint density at radius 2 is 0.400 bits per heavy atom. The van der Waals surface area contributed by atoms with Crippen LogP contribution < -0.4 is 5.73 Å². The molecule has 0 radical (unpaired) electrons. The molecule has 0 aliphatic heterocycles. The molecule has 0 spiro atoms. The third kappa shape index (κ3) is 8.93. The molecule has 4 aromatic heterocycles. The normalized spacial score (nSPS) is 11.8. The van der Waals surface area contributed by atoms with Crippen LogP contribution in [0.2, 0.25) is 0 Å². The molecule has 2 N–H and O–H groups in total. The average molecular weight is 1210 g/mol. The quantitative estimate of drug-likeness (QED) is 0.136. The Bertz CT molecular complexity index is 6260. The molecule has 0 unspecified atom stereocenters. The van der Waals surface area contributed by atoms with Gasteiger partial charge in [0.1, 0.15) is 0 Å². The number of aromatic nitrogens is 4. The van der Waals surface area contributed by atoms with Crippen LogP contribution in [0.4, 0.5) is 5.69 Å². The fourth-order valence-electron chi connectivity index (χ4n) is 15.2. The van der Waals surface area contributed by atoms with Gasteiger partial charge in [-0.05, 0) is 224 Å². The topological polar surface area (TPSA) is 45.7 Å². The molecule has 95 heavy (non-hydrogen) atoms. The van der Waals surface area contributed by atoms with Crippen molar-refractivity contribution < 1.29 is 0 Å². The maximum atomic E-state index is 6.13. The van der Waals surface area contributed by atoms with E-state index in [9.17, 15) is 0 Å². The molecule has 0 amide bonds. The fourth-order valence-corrected chi connectivity index (χ4v) is 15.2. The predicted molar refractivity (Wildman–Crippen MR) is 401 cm³/mol. The third-order valence-electron chi connectivity index (χ3n) is 19.7. The summed E-state index contributed by atoms with van der Waals surface area (Å²) < 4.78 is 9.57. The second-order valence-electron chi connectivity index (χ2n) is 25.1. The maximum Gasteiger partial charge on any atom is 0.0541 e. The average Bonchev–Trinajstić information content (AvgIpc) is 1.62. The van der Waals surface area contributed by atoms with Crippen LogP contribution in [0.5, 0.6) is 0 Å². The monoisotopic (exact) mass is 1210 g/mol. The number of nitrogens with zero attached hydrogens (tertiary/aromatic N) is 4. The van der Waals surface area contributed by atoms with Crippen LogP contribution in [-0.4, -0.2) is 18.3 Å². The number of nitrogen functional groups attached to an aromatic ring is 1. The largest absolute Gasteiger partial charge is 0.399 e. The summed E-state index contributed by atoms with van der Waals surface area (Å²) in [5, 5.41) is 9.83. The summed E-state index contributed by atoms with van der Waals surface area (Å²) in [5.74, 6) is 0. The number of benzene rings is 15. The third-order valence-corrected chi connectivity index (χ3v) is 19.7. The highest BCUT2D eigenvalue weighted by molar-refractivity contribution is 6.15. The van der Waals surface area contributed by atoms with Crippen molar-refractivity contribution in [1.29, 1.82) is 0 Å². The van der Waals surface area contributed by atoms with Gasteiger partial charge in [-0.25, -0.2) is 0 Å². The lowest BCUT2D eigenvalue weighted by molar-refractivity contribution is 1.18. The lowest BCUT2D eigenvalue weighted by Gasteiger charge is -2.14. The zero-order chi connectivity index (χ0) is 62.7. The zero-order valence-corrected chi connectivity index (χ0v) is 51.8. The van der Waals surface area contributed by atoms with E-state index in [1.54, 1.807) is 0 Å². The molecule has 0 saturated heterocycles. The molecule has 4 heterocycles. The van der Waals surface area contributed by atoms with E-state index in [0.717, 1.165) is 61.8 Å². The summed E-state index contributed by atoms with van der Waals surface area (Å²) in [7, 11) is 0. The van der Waals surface area contributed by atoms with Gasteiger partial charge in [0.05, 0.1) is 44.1 Å². The molecule has 19 aromatic rings. The lowest BCUT2D eigenvalue weighted by atomic mass is 9.92. The Labute approximate surface area is 548 Å². The molecular formula is C90H59N5. The second kappa shape index (κ2) is 21.7. The second-order valence-corrected chi connectivity index (χ2v) is 25.1. The van der Waals surface area contributed by atoms with Crippen molar-refractivity contribution in [2.24, 2.45) is 0 Å². The van der Waals surface area contributed by atoms with Gasteiger partial charge >= 0.3 is 0 Å². The highest BCUT2D eigenvalue weighted by Crippen LogP contribution is 2.43. The van der Waals surface area contributed by atoms with Gasteiger partial charge in [-0.3, -0.25) is 0 Å². The number of anilines is 1. The Balaban J connectivity index is 0.653. The van der Waals surface area contributed by atoms with Crippen molar-refractivity contribution in [2.75, 3.05) is 5.73 Å². The molecule has 444 valence electrons. The predicted octanol–water partition coefficient (Wildman–Crippen LogP) is 23.7. The van der Waals surface area contributed by atoms with Crippen LogP contribution in [0, 0.1) is 0 Å². The number of hydrogen-bond donors (Lipinski definition) is 1. The van der Waals surface area contributed by atoms with Crippen molar-refractivity contribution in [3.8, 4) is 89.5 Å². The Kier molecular flexibility index (Phi) is 12.4. The SMILES string of the molecule is Nc1ccc(-n2c3ccccc3c3cc(-c4ccc5c(c4)c4ccccc4n5-c4ccc(-c5cccc(-c6cc(-c7ccccc7)cc(-c7cccc(-n8c9ccccc9c9cc(-c%10ccc%11c(c%10)c%10ccccc%10n%11-c%10ccccc%10)ccc98)c7)c6)c5)cc4)ccc32)cc1. The van der Waals surface area contributed by atoms with Crippen molar-refractivity contribution in [3.63, 3.8) is 0 Å². The Morgan fingerprint density at radius 1 is 0.147 bits per heavy atom. The first-order valence-corrected chi connectivity index (χ1v) is 32.6. The molecule has 15 aromatic carbocycles. The van der Waals surface area contributed by atoms with Gasteiger partial charge in [0.2, 0.25) is 0 Å². The highest BCUT2D eigenvalue weighted by atomic mass is 15.0. The summed E-state index contributed by atoms with van der Waals surface area (Å²) in [6, 6.07) is 127. The molecule has 5 nitrogen and oxygen atoms in total. The minimum absolute atomic E-state index is 0.755. The van der Waals surface area contributed by atoms with Gasteiger partial charge in [-0.15, -0.1) is 0 Å². The van der Waals surface area contributed by atoms with E-state index < -0.39 is 0 Å². The van der Waals surface area contributed by atoms with E-state index >= 15 is 0 Å². The van der Waals surface area contributed by atoms with Gasteiger partial charge in [0.15, 0.2) is 0 Å². The number of rotatable bonds is 10. The summed E-state index contributed by atoms with van der Waals surface area (Å²) >= 11 is 0. The molecule has 0 saturated carbocycles. The van der Waals surface area contributed by atoms with E-state index in [2.05, 4.69) is 352 Å². The van der Waals surface area contributed by atoms with Crippen LogP contribution >= 0.6 is 0 Å². The molecular weight excluding hydrogens is 1150 g/mol. The van der Waals surface area contributed by atoms with Crippen molar-refractivity contribution in [3.05, 3.63) is 346 Å². The van der Waals surface area contributed by atoms with Crippen LogP contribution in [0.3, 0.4) is 0 Å². The van der Waals surface area contributed by atoms with Crippen LogP contribution in [0.15, 0.2) is 346 Å². The summed E-state index contributed by atoms with van der Waals surface area (Å²) in [6.07, 6.45) is 0. The summed E-state index contributed by atoms with van der Waals surface area (Å²) in [5.41, 5.74) is 34.8. The molecule has 5 heteroatoms. The summed E-state index contributed by atoms with van der Waals surface area (Å²) in [6.45, 7) is 0. The van der Waals surface area contributed by atoms with Crippen molar-refractivity contribution in [2.45, 2.75) is 0 Å². The van der Waals surface area contributed by atoms with Gasteiger partial charge in [0.25, 0.3) is 0 Å². The zero-order valence-electron chi connectivity index (χ0n) is 51.8. The standard InChI is InChI=1S/C90H59N5/c91-70-39-43-73(44-40-70)94-85-31-13-9-27-77(85)81-56-65(37-47-89(81)94)64-36-46-88-80(55-64)76-26-8-12-30-84(76)93(88)72-41-33-59(34-42-72)60-19-15-20-61(49-60)68-50-67(58-17-3-1-4-18-58)51-69(52-68)62-21-16-24-74(53-62)95-86-32-14-10-28-78(86)82-57-66(38-48-90(82)95)63-35-45-87-79(54-63)75-25-7-11-29-83(75)92(87)71-22-5-2-6-23-71/h1-57H,91H2. The van der Waals surface area contributed by atoms with Crippen molar-refractivity contribution >= 4 is 92.9 Å². The summed E-state index contributed by atoms with van der Waals surface area (Å²) in [4.78, 5) is 0. The van der Waals surface area contributed by atoms with Crippen LogP contribution in [0.1, 0.15) is 0 Å². The first-order chi connectivity index (χ1) is 47.0. The smallest absolute Gasteiger partial charge is 0.0541 e. The van der Waals surface area contributed by atoms with Crippen molar-refractivity contribution in [1.82, 2.24) is 18.3 Å². The van der Waals surface area contributed by atoms with E-state index in [4.69, 9.17) is 5.73 Å². The van der Waals surface area contributed by atoms with Gasteiger partial charge in [-0.1, -0.05) is 188 Å².